The predicted molar refractivity (Wildman–Crippen MR) is 98.2 cm³/mol. The molecular formula is C20H20N2O3. The number of hydrogen-bond acceptors (Lipinski definition) is 3. The third kappa shape index (κ3) is 3.40. The summed E-state index contributed by atoms with van der Waals surface area (Å²) in [7, 11) is 0. The van der Waals surface area contributed by atoms with E-state index in [2.05, 4.69) is 11.9 Å². The summed E-state index contributed by atoms with van der Waals surface area (Å²) < 4.78 is 5.64. The molecule has 0 saturated heterocycles. The van der Waals surface area contributed by atoms with Gasteiger partial charge in [-0.25, -0.2) is 0 Å². The van der Waals surface area contributed by atoms with Crippen LogP contribution in [0.2, 0.25) is 0 Å². The monoisotopic (exact) mass is 336 g/mol. The predicted octanol–water partition coefficient (Wildman–Crippen LogP) is 3.55. The van der Waals surface area contributed by atoms with Gasteiger partial charge in [-0.3, -0.25) is 9.59 Å². The van der Waals surface area contributed by atoms with Crippen LogP contribution in [0.3, 0.4) is 0 Å². The number of carbonyl (C=O) groups excluding carboxylic acids is 2. The van der Waals surface area contributed by atoms with Crippen molar-refractivity contribution < 1.29 is 14.3 Å². The molecule has 1 heterocycles. The Morgan fingerprint density at radius 1 is 1.28 bits per heavy atom. The van der Waals surface area contributed by atoms with E-state index in [1.165, 1.54) is 0 Å². The Kier molecular flexibility index (Phi) is 4.57. The summed E-state index contributed by atoms with van der Waals surface area (Å²) in [5.74, 6) is 0.281. The maximum Gasteiger partial charge on any atom is 0.268 e. The lowest BCUT2D eigenvalue weighted by atomic mass is 10.1. The first-order valence-electron chi connectivity index (χ1n) is 8.10. The Bertz CT molecular complexity index is 827. The molecule has 0 aromatic heterocycles. The van der Waals surface area contributed by atoms with Crippen LogP contribution in [0.25, 0.3) is 0 Å². The Balaban J connectivity index is 1.87. The van der Waals surface area contributed by atoms with E-state index in [4.69, 9.17) is 4.74 Å². The van der Waals surface area contributed by atoms with Crippen LogP contribution in [0.5, 0.6) is 5.75 Å². The largest absolute Gasteiger partial charge is 0.479 e. The van der Waals surface area contributed by atoms with E-state index in [0.717, 1.165) is 5.56 Å². The van der Waals surface area contributed by atoms with Crippen molar-refractivity contribution in [1.29, 1.82) is 0 Å². The number of nitrogens with zero attached hydrogens (tertiary/aromatic N) is 1. The molecule has 3 rings (SSSR count). The molecule has 2 aromatic rings. The van der Waals surface area contributed by atoms with Gasteiger partial charge in [0.1, 0.15) is 5.75 Å². The molecule has 5 nitrogen and oxygen atoms in total. The highest BCUT2D eigenvalue weighted by molar-refractivity contribution is 6.05. The molecular weight excluding hydrogens is 316 g/mol. The molecule has 1 N–H and O–H groups in total. The van der Waals surface area contributed by atoms with Gasteiger partial charge in [-0.1, -0.05) is 23.8 Å². The number of hydrogen-bond donors (Lipinski definition) is 1. The van der Waals surface area contributed by atoms with Gasteiger partial charge in [-0.15, -0.1) is 6.58 Å². The van der Waals surface area contributed by atoms with E-state index < -0.39 is 6.10 Å². The van der Waals surface area contributed by atoms with Crippen LogP contribution in [-0.2, 0) is 4.79 Å². The second-order valence-electron chi connectivity index (χ2n) is 6.00. The normalized spacial score (nSPS) is 16.0. The van der Waals surface area contributed by atoms with Crippen molar-refractivity contribution in [3.8, 4) is 5.75 Å². The van der Waals surface area contributed by atoms with Crippen molar-refractivity contribution in [2.24, 2.45) is 0 Å². The van der Waals surface area contributed by atoms with Crippen LogP contribution in [0.4, 0.5) is 11.4 Å². The minimum absolute atomic E-state index is 0.130. The molecule has 1 unspecified atom stereocenters. The molecule has 1 atom stereocenters. The lowest BCUT2D eigenvalue weighted by Gasteiger charge is -2.32. The van der Waals surface area contributed by atoms with E-state index in [0.29, 0.717) is 29.2 Å². The Morgan fingerprint density at radius 3 is 2.68 bits per heavy atom. The second-order valence-corrected chi connectivity index (χ2v) is 6.00. The van der Waals surface area contributed by atoms with E-state index in [1.54, 1.807) is 48.2 Å². The summed E-state index contributed by atoms with van der Waals surface area (Å²) in [4.78, 5) is 26.3. The summed E-state index contributed by atoms with van der Waals surface area (Å²) in [5.41, 5.74) is 2.90. The first-order chi connectivity index (χ1) is 12.0. The summed E-state index contributed by atoms with van der Waals surface area (Å²) in [5, 5.41) is 2.86. The number of anilines is 2. The molecule has 0 saturated carbocycles. The SMILES string of the molecule is C=CCN1C(=O)C(C)Oc2ccc(NC(=O)c3ccc(C)cc3)cc21. The van der Waals surface area contributed by atoms with Crippen LogP contribution >= 0.6 is 0 Å². The summed E-state index contributed by atoms with van der Waals surface area (Å²) >= 11 is 0. The quantitative estimate of drug-likeness (QED) is 0.869. The summed E-state index contributed by atoms with van der Waals surface area (Å²) in [6, 6.07) is 12.6. The molecule has 1 aliphatic rings. The molecule has 2 aromatic carbocycles. The van der Waals surface area contributed by atoms with Crippen molar-refractivity contribution in [3.63, 3.8) is 0 Å². The molecule has 5 heteroatoms. The summed E-state index contributed by atoms with van der Waals surface area (Å²) in [6.07, 6.45) is 1.12. The number of nitrogens with one attached hydrogen (secondary N) is 1. The molecule has 0 bridgehead atoms. The number of carbonyl (C=O) groups is 2. The van der Waals surface area contributed by atoms with E-state index in [1.807, 2.05) is 19.1 Å². The third-order valence-electron chi connectivity index (χ3n) is 4.05. The minimum atomic E-state index is -0.541. The maximum absolute atomic E-state index is 12.4. The molecule has 0 spiro atoms. The van der Waals surface area contributed by atoms with Gasteiger partial charge in [0.25, 0.3) is 11.8 Å². The van der Waals surface area contributed by atoms with Gasteiger partial charge in [0, 0.05) is 17.8 Å². The van der Waals surface area contributed by atoms with Crippen molar-refractivity contribution in [2.75, 3.05) is 16.8 Å². The summed E-state index contributed by atoms with van der Waals surface area (Å²) in [6.45, 7) is 7.77. The van der Waals surface area contributed by atoms with Crippen LogP contribution in [0.1, 0.15) is 22.8 Å². The van der Waals surface area contributed by atoms with Crippen LogP contribution in [0.15, 0.2) is 55.1 Å². The fraction of sp³-hybridized carbons (Fsp3) is 0.200. The van der Waals surface area contributed by atoms with Crippen molar-refractivity contribution >= 4 is 23.2 Å². The van der Waals surface area contributed by atoms with Crippen molar-refractivity contribution in [3.05, 3.63) is 66.2 Å². The number of rotatable bonds is 4. The average Bonchev–Trinajstić information content (AvgIpc) is 2.60. The Labute approximate surface area is 146 Å². The fourth-order valence-electron chi connectivity index (χ4n) is 2.71. The van der Waals surface area contributed by atoms with Gasteiger partial charge in [0.15, 0.2) is 6.10 Å². The molecule has 0 fully saturated rings. The molecule has 0 aliphatic carbocycles. The average molecular weight is 336 g/mol. The van der Waals surface area contributed by atoms with E-state index in [-0.39, 0.29) is 11.8 Å². The molecule has 128 valence electrons. The van der Waals surface area contributed by atoms with Gasteiger partial charge in [0.2, 0.25) is 0 Å². The maximum atomic E-state index is 12.4. The molecule has 25 heavy (non-hydrogen) atoms. The van der Waals surface area contributed by atoms with E-state index in [9.17, 15) is 9.59 Å². The number of benzene rings is 2. The zero-order valence-electron chi connectivity index (χ0n) is 14.3. The number of aryl methyl sites for hydroxylation is 1. The van der Waals surface area contributed by atoms with Crippen LogP contribution < -0.4 is 15.0 Å². The van der Waals surface area contributed by atoms with Gasteiger partial charge in [0.05, 0.1) is 5.69 Å². The highest BCUT2D eigenvalue weighted by Crippen LogP contribution is 2.36. The van der Waals surface area contributed by atoms with Gasteiger partial charge in [-0.05, 0) is 44.2 Å². The Hall–Kier alpha value is -3.08. The van der Waals surface area contributed by atoms with Gasteiger partial charge >= 0.3 is 0 Å². The van der Waals surface area contributed by atoms with E-state index >= 15 is 0 Å². The first-order valence-corrected chi connectivity index (χ1v) is 8.10. The number of amides is 2. The lowest BCUT2D eigenvalue weighted by Crippen LogP contribution is -2.44. The highest BCUT2D eigenvalue weighted by Gasteiger charge is 2.31. The smallest absolute Gasteiger partial charge is 0.268 e. The second kappa shape index (κ2) is 6.81. The van der Waals surface area contributed by atoms with Crippen molar-refractivity contribution in [1.82, 2.24) is 0 Å². The van der Waals surface area contributed by atoms with Crippen molar-refractivity contribution in [2.45, 2.75) is 20.0 Å². The van der Waals surface area contributed by atoms with Gasteiger partial charge < -0.3 is 15.0 Å². The zero-order valence-corrected chi connectivity index (χ0v) is 14.3. The zero-order chi connectivity index (χ0) is 18.0. The third-order valence-corrected chi connectivity index (χ3v) is 4.05. The van der Waals surface area contributed by atoms with Gasteiger partial charge in [-0.2, -0.15) is 0 Å². The molecule has 2 amide bonds. The lowest BCUT2D eigenvalue weighted by molar-refractivity contribution is -0.125. The number of fused-ring (bicyclic) bond motifs is 1. The van der Waals surface area contributed by atoms with Crippen LogP contribution in [-0.4, -0.2) is 24.5 Å². The molecule has 1 aliphatic heterocycles. The Morgan fingerprint density at radius 2 is 2.00 bits per heavy atom. The topological polar surface area (TPSA) is 58.6 Å². The minimum Gasteiger partial charge on any atom is -0.479 e. The number of ether oxygens (including phenoxy) is 1. The van der Waals surface area contributed by atoms with Crippen LogP contribution in [0, 0.1) is 6.92 Å². The highest BCUT2D eigenvalue weighted by atomic mass is 16.5. The standard InChI is InChI=1S/C20H20N2O3/c1-4-11-22-17-12-16(9-10-18(17)25-14(3)20(22)24)21-19(23)15-7-5-13(2)6-8-15/h4-10,12,14H,1,11H2,2-3H3,(H,21,23). The molecule has 0 radical (unpaired) electrons. The fourth-order valence-corrected chi connectivity index (χ4v) is 2.71. The first kappa shape index (κ1) is 16.8.